The van der Waals surface area contributed by atoms with Crippen molar-refractivity contribution in [2.75, 3.05) is 13.2 Å². The van der Waals surface area contributed by atoms with E-state index in [-0.39, 0.29) is 17.9 Å². The predicted octanol–water partition coefficient (Wildman–Crippen LogP) is 2.52. The first-order valence-corrected chi connectivity index (χ1v) is 8.80. The van der Waals surface area contributed by atoms with Crippen LogP contribution in [0, 0.1) is 5.92 Å². The van der Waals surface area contributed by atoms with Gasteiger partial charge in [0.25, 0.3) is 0 Å². The second kappa shape index (κ2) is 6.67. The summed E-state index contributed by atoms with van der Waals surface area (Å²) in [4.78, 5) is 15.2. The van der Waals surface area contributed by atoms with Gasteiger partial charge in [-0.05, 0) is 43.4 Å². The van der Waals surface area contributed by atoms with E-state index in [1.54, 1.807) is 6.20 Å². The monoisotopic (exact) mass is 325 g/mol. The van der Waals surface area contributed by atoms with E-state index >= 15 is 0 Å². The van der Waals surface area contributed by atoms with Gasteiger partial charge in [-0.25, -0.2) is 0 Å². The van der Waals surface area contributed by atoms with Crippen molar-refractivity contribution in [3.8, 4) is 5.75 Å². The number of amides is 1. The molecule has 0 spiro atoms. The fraction of sp³-hybridized carbons (Fsp3) is 0.474. The smallest absolute Gasteiger partial charge is 0.229 e. The molecule has 2 aliphatic heterocycles. The number of likely N-dealkylation sites (tertiary alicyclic amines) is 1. The molecular formula is C19H23N3O2. The van der Waals surface area contributed by atoms with Gasteiger partial charge >= 0.3 is 0 Å². The summed E-state index contributed by atoms with van der Waals surface area (Å²) in [6.07, 6.45) is 7.86. The first-order valence-electron chi connectivity index (χ1n) is 8.80. The number of benzene rings is 1. The van der Waals surface area contributed by atoms with Gasteiger partial charge in [-0.15, -0.1) is 0 Å². The highest BCUT2D eigenvalue weighted by Gasteiger charge is 2.34. The van der Waals surface area contributed by atoms with E-state index in [2.05, 4.69) is 16.1 Å². The number of nitrogens with zero attached hydrogens (tertiary/aromatic N) is 3. The molecule has 3 heterocycles. The molecule has 0 N–H and O–H groups in total. The molecule has 24 heavy (non-hydrogen) atoms. The minimum absolute atomic E-state index is 0.0712. The quantitative estimate of drug-likeness (QED) is 0.871. The summed E-state index contributed by atoms with van der Waals surface area (Å²) in [7, 11) is 0. The Morgan fingerprint density at radius 1 is 1.25 bits per heavy atom. The van der Waals surface area contributed by atoms with Crippen molar-refractivity contribution in [2.45, 2.75) is 38.3 Å². The highest BCUT2D eigenvalue weighted by atomic mass is 16.5. The van der Waals surface area contributed by atoms with Gasteiger partial charge in [-0.3, -0.25) is 9.48 Å². The lowest BCUT2D eigenvalue weighted by Crippen LogP contribution is -2.50. The molecule has 1 aromatic heterocycles. The number of rotatable bonds is 3. The average molecular weight is 325 g/mol. The molecule has 0 saturated carbocycles. The van der Waals surface area contributed by atoms with Crippen molar-refractivity contribution < 1.29 is 9.53 Å². The molecule has 5 nitrogen and oxygen atoms in total. The normalized spacial score (nSPS) is 23.4. The van der Waals surface area contributed by atoms with E-state index < -0.39 is 0 Å². The first kappa shape index (κ1) is 15.2. The van der Waals surface area contributed by atoms with Crippen molar-refractivity contribution in [1.82, 2.24) is 14.7 Å². The summed E-state index contributed by atoms with van der Waals surface area (Å²) < 4.78 is 7.76. The molecule has 2 aliphatic rings. The van der Waals surface area contributed by atoms with Crippen LogP contribution in [0.15, 0.2) is 42.7 Å². The van der Waals surface area contributed by atoms with Crippen LogP contribution < -0.4 is 4.74 Å². The number of para-hydroxylation sites is 1. The molecule has 126 valence electrons. The van der Waals surface area contributed by atoms with Crippen LogP contribution in [0.5, 0.6) is 5.75 Å². The molecule has 2 atom stereocenters. The topological polar surface area (TPSA) is 47.4 Å². The third-order valence-electron chi connectivity index (χ3n) is 5.10. The number of hydrogen-bond acceptors (Lipinski definition) is 3. The van der Waals surface area contributed by atoms with Crippen molar-refractivity contribution in [3.05, 3.63) is 48.3 Å². The van der Waals surface area contributed by atoms with Crippen molar-refractivity contribution >= 4 is 5.91 Å². The molecule has 0 radical (unpaired) electrons. The lowest BCUT2D eigenvalue weighted by atomic mass is 9.93. The SMILES string of the molecule is O=C([C@H]1COc2ccccc2C1)N1CCCC[C@@H]1Cn1cccn1. The molecule has 4 rings (SSSR count). The van der Waals surface area contributed by atoms with Gasteiger partial charge in [0.1, 0.15) is 12.4 Å². The third-order valence-corrected chi connectivity index (χ3v) is 5.10. The Kier molecular flexibility index (Phi) is 4.24. The fourth-order valence-corrected chi connectivity index (χ4v) is 3.83. The molecular weight excluding hydrogens is 302 g/mol. The zero-order chi connectivity index (χ0) is 16.4. The van der Waals surface area contributed by atoms with Gasteiger partial charge in [-0.2, -0.15) is 5.10 Å². The maximum absolute atomic E-state index is 13.1. The van der Waals surface area contributed by atoms with Crippen LogP contribution in [0.4, 0.5) is 0 Å². The summed E-state index contributed by atoms with van der Waals surface area (Å²) in [6.45, 7) is 2.12. The number of ether oxygens (including phenoxy) is 1. The Morgan fingerprint density at radius 2 is 2.17 bits per heavy atom. The van der Waals surface area contributed by atoms with Crippen molar-refractivity contribution in [1.29, 1.82) is 0 Å². The van der Waals surface area contributed by atoms with Gasteiger partial charge < -0.3 is 9.64 Å². The second-order valence-electron chi connectivity index (χ2n) is 6.73. The van der Waals surface area contributed by atoms with Gasteiger partial charge in [0.15, 0.2) is 0 Å². The molecule has 5 heteroatoms. The van der Waals surface area contributed by atoms with E-state index in [4.69, 9.17) is 4.74 Å². The molecule has 1 aromatic carbocycles. The van der Waals surface area contributed by atoms with Crippen LogP contribution in [0.1, 0.15) is 24.8 Å². The van der Waals surface area contributed by atoms with Crippen LogP contribution in [0.25, 0.3) is 0 Å². The summed E-state index contributed by atoms with van der Waals surface area (Å²) in [5, 5.41) is 4.30. The van der Waals surface area contributed by atoms with Gasteiger partial charge in [0.05, 0.1) is 18.5 Å². The average Bonchev–Trinajstić information content (AvgIpc) is 3.14. The maximum atomic E-state index is 13.1. The second-order valence-corrected chi connectivity index (χ2v) is 6.73. The number of carbonyl (C=O) groups is 1. The van der Waals surface area contributed by atoms with E-state index in [1.165, 1.54) is 6.42 Å². The summed E-state index contributed by atoms with van der Waals surface area (Å²) >= 11 is 0. The molecule has 0 aliphatic carbocycles. The predicted molar refractivity (Wildman–Crippen MR) is 90.7 cm³/mol. The van der Waals surface area contributed by atoms with Crippen LogP contribution in [0.3, 0.4) is 0 Å². The first-order chi connectivity index (χ1) is 11.8. The van der Waals surface area contributed by atoms with E-state index in [0.717, 1.165) is 43.7 Å². The van der Waals surface area contributed by atoms with Gasteiger partial charge in [-0.1, -0.05) is 18.2 Å². The van der Waals surface area contributed by atoms with Crippen molar-refractivity contribution in [3.63, 3.8) is 0 Å². The van der Waals surface area contributed by atoms with Crippen molar-refractivity contribution in [2.24, 2.45) is 5.92 Å². The molecule has 1 amide bonds. The number of fused-ring (bicyclic) bond motifs is 1. The van der Waals surface area contributed by atoms with Crippen LogP contribution in [-0.2, 0) is 17.8 Å². The van der Waals surface area contributed by atoms with E-state index in [9.17, 15) is 4.79 Å². The maximum Gasteiger partial charge on any atom is 0.229 e. The molecule has 2 aromatic rings. The highest BCUT2D eigenvalue weighted by Crippen LogP contribution is 2.29. The van der Waals surface area contributed by atoms with Crippen LogP contribution >= 0.6 is 0 Å². The summed E-state index contributed by atoms with van der Waals surface area (Å²) in [5.74, 6) is 1.09. The zero-order valence-corrected chi connectivity index (χ0v) is 13.8. The zero-order valence-electron chi connectivity index (χ0n) is 13.8. The minimum atomic E-state index is -0.0712. The Balaban J connectivity index is 1.48. The van der Waals surface area contributed by atoms with Crippen LogP contribution in [0.2, 0.25) is 0 Å². The lowest BCUT2D eigenvalue weighted by Gasteiger charge is -2.38. The van der Waals surface area contributed by atoms with Gasteiger partial charge in [0.2, 0.25) is 5.91 Å². The number of hydrogen-bond donors (Lipinski definition) is 0. The fourth-order valence-electron chi connectivity index (χ4n) is 3.83. The molecule has 0 unspecified atom stereocenters. The Morgan fingerprint density at radius 3 is 3.04 bits per heavy atom. The third kappa shape index (κ3) is 3.03. The Labute approximate surface area is 142 Å². The number of aromatic nitrogens is 2. The summed E-state index contributed by atoms with van der Waals surface area (Å²) in [5.41, 5.74) is 1.14. The molecule has 0 bridgehead atoms. The van der Waals surface area contributed by atoms with E-state index in [0.29, 0.717) is 6.61 Å². The standard InChI is InChI=1S/C19H23N3O2/c23-19(16-12-15-6-1-2-8-18(15)24-14-16)22-11-4-3-7-17(22)13-21-10-5-9-20-21/h1-2,5-6,8-10,16-17H,3-4,7,11-14H2/t16-,17-/m1/s1. The Bertz CT molecular complexity index is 698. The summed E-state index contributed by atoms with van der Waals surface area (Å²) in [6, 6.07) is 10.2. The number of piperidine rings is 1. The van der Waals surface area contributed by atoms with E-state index in [1.807, 2.05) is 35.1 Å². The Hall–Kier alpha value is -2.30. The highest BCUT2D eigenvalue weighted by molar-refractivity contribution is 5.80. The lowest BCUT2D eigenvalue weighted by molar-refractivity contribution is -0.141. The van der Waals surface area contributed by atoms with Crippen LogP contribution in [-0.4, -0.2) is 39.8 Å². The number of carbonyl (C=O) groups excluding carboxylic acids is 1. The molecule has 1 saturated heterocycles. The van der Waals surface area contributed by atoms with Gasteiger partial charge in [0, 0.05) is 18.9 Å². The minimum Gasteiger partial charge on any atom is -0.492 e. The molecule has 1 fully saturated rings. The largest absolute Gasteiger partial charge is 0.492 e.